The predicted molar refractivity (Wildman–Crippen MR) is 106 cm³/mol. The first-order chi connectivity index (χ1) is 13.8. The summed E-state index contributed by atoms with van der Waals surface area (Å²) in [6, 6.07) is 9.87. The van der Waals surface area contributed by atoms with Crippen LogP contribution in [0.15, 0.2) is 36.4 Å². The first-order valence-electron chi connectivity index (χ1n) is 8.41. The zero-order chi connectivity index (χ0) is 21.1. The third-order valence-corrected chi connectivity index (χ3v) is 4.79. The molecule has 0 aliphatic heterocycles. The van der Waals surface area contributed by atoms with Gasteiger partial charge in [-0.05, 0) is 42.3 Å². The van der Waals surface area contributed by atoms with Crippen LogP contribution >= 0.6 is 23.2 Å². The van der Waals surface area contributed by atoms with E-state index in [1.165, 1.54) is 12.1 Å². The minimum absolute atomic E-state index is 0.183. The molecule has 3 rings (SSSR count). The van der Waals surface area contributed by atoms with Gasteiger partial charge in [0.2, 0.25) is 5.88 Å². The first-order valence-corrected chi connectivity index (χ1v) is 9.17. The molecule has 1 N–H and O–H groups in total. The summed E-state index contributed by atoms with van der Waals surface area (Å²) in [6.45, 7) is -1.95. The number of hydrogen-bond acceptors (Lipinski definition) is 4. The van der Waals surface area contributed by atoms with Gasteiger partial charge in [-0.1, -0.05) is 35.3 Å². The zero-order valence-electron chi connectivity index (χ0n) is 15.1. The second-order valence-electron chi connectivity index (χ2n) is 6.15. The molecule has 0 saturated heterocycles. The van der Waals surface area contributed by atoms with E-state index >= 15 is 0 Å². The summed E-state index contributed by atoms with van der Waals surface area (Å²) >= 11 is 12.1. The highest BCUT2D eigenvalue weighted by Crippen LogP contribution is 2.38. The number of carbonyl (C=O) groups is 1. The number of fused-ring (bicyclic) bond motifs is 1. The molecule has 0 spiro atoms. The van der Waals surface area contributed by atoms with Crippen molar-refractivity contribution in [3.8, 4) is 11.6 Å². The lowest BCUT2D eigenvalue weighted by Gasteiger charge is -2.18. The van der Waals surface area contributed by atoms with Crippen LogP contribution in [0.2, 0.25) is 10.0 Å². The normalized spacial score (nSPS) is 11.1. The van der Waals surface area contributed by atoms with Gasteiger partial charge in [0, 0.05) is 22.4 Å². The Kier molecular flexibility index (Phi) is 6.39. The van der Waals surface area contributed by atoms with Gasteiger partial charge in [-0.25, -0.2) is 9.78 Å². The second kappa shape index (κ2) is 8.80. The summed E-state index contributed by atoms with van der Waals surface area (Å²) in [7, 11) is 0. The number of rotatable bonds is 7. The average Bonchev–Trinajstić information content (AvgIpc) is 2.65. The number of pyridine rings is 1. The third kappa shape index (κ3) is 4.86. The van der Waals surface area contributed by atoms with Crippen molar-refractivity contribution in [3.05, 3.63) is 63.1 Å². The van der Waals surface area contributed by atoms with Crippen molar-refractivity contribution in [2.75, 3.05) is 6.61 Å². The molecule has 152 valence electrons. The summed E-state index contributed by atoms with van der Waals surface area (Å²) in [5.74, 6) is -1.17. The molecule has 0 atom stereocenters. The molecule has 0 fully saturated rings. The number of carboxylic acid groups (broad SMARTS) is 1. The third-order valence-electron chi connectivity index (χ3n) is 4.24. The van der Waals surface area contributed by atoms with Gasteiger partial charge in [0.05, 0.1) is 10.5 Å². The molecule has 9 heteroatoms. The summed E-state index contributed by atoms with van der Waals surface area (Å²) in [6.07, 6.45) is 0.235. The second-order valence-corrected chi connectivity index (χ2v) is 7.00. The van der Waals surface area contributed by atoms with Crippen LogP contribution in [0.3, 0.4) is 0 Å². The van der Waals surface area contributed by atoms with E-state index in [9.17, 15) is 13.6 Å². The number of carboxylic acids is 1. The van der Waals surface area contributed by atoms with Gasteiger partial charge in [0.1, 0.15) is 5.75 Å². The fourth-order valence-electron chi connectivity index (χ4n) is 2.96. The van der Waals surface area contributed by atoms with Crippen LogP contribution in [-0.2, 0) is 11.2 Å². The number of aromatic nitrogens is 1. The number of aryl methyl sites for hydroxylation is 1. The molecular weight excluding hydrogens is 427 g/mol. The largest absolute Gasteiger partial charge is 0.481 e. The average molecular weight is 442 g/mol. The highest BCUT2D eigenvalue weighted by atomic mass is 35.5. The number of benzene rings is 2. The van der Waals surface area contributed by atoms with Gasteiger partial charge in [-0.3, -0.25) is 0 Å². The molecule has 5 nitrogen and oxygen atoms in total. The van der Waals surface area contributed by atoms with E-state index in [0.29, 0.717) is 21.5 Å². The lowest BCUT2D eigenvalue weighted by molar-refractivity contribution is -0.139. The Morgan fingerprint density at radius 1 is 1.17 bits per heavy atom. The van der Waals surface area contributed by atoms with Crippen LogP contribution in [0.25, 0.3) is 10.9 Å². The Hall–Kier alpha value is -2.64. The minimum Gasteiger partial charge on any atom is -0.481 e. The Balaban J connectivity index is 2.20. The number of halogens is 4. The van der Waals surface area contributed by atoms with E-state index in [0.717, 1.165) is 5.56 Å². The topological polar surface area (TPSA) is 68.7 Å². The maximum absolute atomic E-state index is 13.0. The van der Waals surface area contributed by atoms with Gasteiger partial charge in [0.15, 0.2) is 6.61 Å². The van der Waals surface area contributed by atoms with Crippen molar-refractivity contribution >= 4 is 40.1 Å². The van der Waals surface area contributed by atoms with E-state index < -0.39 is 19.2 Å². The fourth-order valence-corrected chi connectivity index (χ4v) is 3.28. The highest BCUT2D eigenvalue weighted by molar-refractivity contribution is 6.35. The lowest BCUT2D eigenvalue weighted by atomic mass is 9.98. The zero-order valence-corrected chi connectivity index (χ0v) is 16.6. The molecule has 0 saturated carbocycles. The highest BCUT2D eigenvalue weighted by Gasteiger charge is 2.21. The van der Waals surface area contributed by atoms with E-state index in [1.807, 2.05) is 0 Å². The lowest BCUT2D eigenvalue weighted by Crippen LogP contribution is -2.11. The van der Waals surface area contributed by atoms with E-state index in [1.54, 1.807) is 31.2 Å². The molecule has 1 heterocycles. The van der Waals surface area contributed by atoms with E-state index in [-0.39, 0.29) is 28.6 Å². The number of hydrogen-bond donors (Lipinski definition) is 1. The molecule has 0 radical (unpaired) electrons. The summed E-state index contributed by atoms with van der Waals surface area (Å²) in [5, 5.41) is 10.1. The molecule has 1 aromatic heterocycles. The monoisotopic (exact) mass is 441 g/mol. The molecule has 0 unspecified atom stereocenters. The van der Waals surface area contributed by atoms with Gasteiger partial charge in [0.25, 0.3) is 0 Å². The van der Waals surface area contributed by atoms with Crippen molar-refractivity contribution in [2.45, 2.75) is 20.0 Å². The summed E-state index contributed by atoms with van der Waals surface area (Å²) < 4.78 is 36.0. The van der Waals surface area contributed by atoms with Crippen LogP contribution in [0.5, 0.6) is 11.6 Å². The molecule has 0 aliphatic rings. The van der Waals surface area contributed by atoms with Crippen LogP contribution in [0.1, 0.15) is 16.7 Å². The molecular formula is C20H15Cl2F2NO4. The Morgan fingerprint density at radius 2 is 1.86 bits per heavy atom. The molecule has 29 heavy (non-hydrogen) atoms. The van der Waals surface area contributed by atoms with Crippen molar-refractivity contribution in [1.29, 1.82) is 0 Å². The molecule has 2 aromatic carbocycles. The van der Waals surface area contributed by atoms with Crippen molar-refractivity contribution in [1.82, 2.24) is 4.98 Å². The first kappa shape index (κ1) is 21.1. The maximum Gasteiger partial charge on any atom is 0.388 e. The van der Waals surface area contributed by atoms with Crippen LogP contribution in [0.4, 0.5) is 8.78 Å². The number of aliphatic carboxylic acids is 1. The predicted octanol–water partition coefficient (Wildman–Crippen LogP) is 5.51. The molecule has 3 aromatic rings. The summed E-state index contributed by atoms with van der Waals surface area (Å²) in [5.41, 5.74) is 1.93. The van der Waals surface area contributed by atoms with Crippen molar-refractivity contribution in [3.63, 3.8) is 0 Å². The van der Waals surface area contributed by atoms with Crippen LogP contribution in [-0.4, -0.2) is 29.3 Å². The SMILES string of the molecule is Cc1c(Cc2ccc(Cl)cc2)c(OC(F)F)nc2c(Cl)ccc(OCC(=O)O)c12. The maximum atomic E-state index is 13.0. The van der Waals surface area contributed by atoms with Gasteiger partial charge in [-0.2, -0.15) is 8.78 Å². The van der Waals surface area contributed by atoms with Crippen molar-refractivity contribution < 1.29 is 28.2 Å². The Labute approximate surface area is 174 Å². The van der Waals surface area contributed by atoms with Crippen LogP contribution < -0.4 is 9.47 Å². The molecule has 0 amide bonds. The fraction of sp³-hybridized carbons (Fsp3) is 0.200. The number of ether oxygens (including phenoxy) is 2. The van der Waals surface area contributed by atoms with Gasteiger partial charge >= 0.3 is 12.6 Å². The van der Waals surface area contributed by atoms with Gasteiger partial charge < -0.3 is 14.6 Å². The van der Waals surface area contributed by atoms with E-state index in [2.05, 4.69) is 9.72 Å². The standard InChI is InChI=1S/C20H15Cl2F2NO4/c1-10-13(8-11-2-4-12(21)5-3-11)19(29-20(23)24)25-18-14(22)6-7-15(17(10)18)28-9-16(26)27/h2-7,20H,8-9H2,1H3,(H,26,27). The van der Waals surface area contributed by atoms with Gasteiger partial charge in [-0.15, -0.1) is 0 Å². The molecule has 0 bridgehead atoms. The number of nitrogens with zero attached hydrogens (tertiary/aromatic N) is 1. The minimum atomic E-state index is -3.08. The van der Waals surface area contributed by atoms with E-state index in [4.69, 9.17) is 33.0 Å². The Morgan fingerprint density at radius 3 is 2.48 bits per heavy atom. The Bertz CT molecular complexity index is 1060. The smallest absolute Gasteiger partial charge is 0.388 e. The number of alkyl halides is 2. The summed E-state index contributed by atoms with van der Waals surface area (Å²) in [4.78, 5) is 15.1. The quantitative estimate of drug-likeness (QED) is 0.523. The van der Waals surface area contributed by atoms with Crippen molar-refractivity contribution in [2.24, 2.45) is 0 Å². The molecule has 0 aliphatic carbocycles. The van der Waals surface area contributed by atoms with Crippen LogP contribution in [0, 0.1) is 6.92 Å².